The van der Waals surface area contributed by atoms with E-state index >= 15 is 0 Å². The van der Waals surface area contributed by atoms with Gasteiger partial charge in [0.05, 0.1) is 5.69 Å². The van der Waals surface area contributed by atoms with Crippen LogP contribution in [0.5, 0.6) is 0 Å². The third-order valence-corrected chi connectivity index (χ3v) is 2.52. The van der Waals surface area contributed by atoms with Crippen molar-refractivity contribution in [1.82, 2.24) is 5.16 Å². The fourth-order valence-electron chi connectivity index (χ4n) is 1.23. The van der Waals surface area contributed by atoms with Crippen molar-refractivity contribution >= 4 is 38.5 Å². The van der Waals surface area contributed by atoms with Gasteiger partial charge in [-0.15, -0.1) is 11.6 Å². The van der Waals surface area contributed by atoms with E-state index in [9.17, 15) is 0 Å². The SMILES string of the molecule is ClCCc1noc2ccc(Br)cc12. The van der Waals surface area contributed by atoms with E-state index in [2.05, 4.69) is 21.1 Å². The summed E-state index contributed by atoms with van der Waals surface area (Å²) in [5.74, 6) is 0.564. The number of nitrogens with zero attached hydrogens (tertiary/aromatic N) is 1. The van der Waals surface area contributed by atoms with Crippen LogP contribution in [0.3, 0.4) is 0 Å². The summed E-state index contributed by atoms with van der Waals surface area (Å²) in [5.41, 5.74) is 1.73. The molecule has 13 heavy (non-hydrogen) atoms. The molecule has 0 saturated heterocycles. The molecule has 0 spiro atoms. The van der Waals surface area contributed by atoms with Crippen LogP contribution >= 0.6 is 27.5 Å². The molecule has 2 aromatic rings. The number of halogens is 2. The minimum atomic E-state index is 0.564. The molecule has 1 heterocycles. The van der Waals surface area contributed by atoms with Crippen LogP contribution in [-0.2, 0) is 6.42 Å². The molecule has 0 amide bonds. The Balaban J connectivity index is 2.58. The van der Waals surface area contributed by atoms with Crippen LogP contribution < -0.4 is 0 Å². The van der Waals surface area contributed by atoms with E-state index in [4.69, 9.17) is 16.1 Å². The molecule has 0 aliphatic carbocycles. The maximum atomic E-state index is 5.64. The molecule has 2 nitrogen and oxygen atoms in total. The first-order valence-corrected chi connectivity index (χ1v) is 5.24. The van der Waals surface area contributed by atoms with Gasteiger partial charge < -0.3 is 4.52 Å². The van der Waals surface area contributed by atoms with Gasteiger partial charge in [-0.05, 0) is 18.2 Å². The van der Waals surface area contributed by atoms with Crippen LogP contribution in [0.4, 0.5) is 0 Å². The lowest BCUT2D eigenvalue weighted by Gasteiger charge is -1.91. The molecule has 2 rings (SSSR count). The third kappa shape index (κ3) is 1.71. The highest BCUT2D eigenvalue weighted by atomic mass is 79.9. The molecular weight excluding hydrogens is 253 g/mol. The highest BCUT2D eigenvalue weighted by Crippen LogP contribution is 2.23. The Bertz CT molecular complexity index is 426. The number of alkyl halides is 1. The second-order valence-electron chi connectivity index (χ2n) is 2.71. The Kier molecular flexibility index (Phi) is 2.56. The van der Waals surface area contributed by atoms with Gasteiger partial charge in [-0.2, -0.15) is 0 Å². The Morgan fingerprint density at radius 1 is 1.46 bits per heavy atom. The van der Waals surface area contributed by atoms with Crippen molar-refractivity contribution in [3.8, 4) is 0 Å². The zero-order chi connectivity index (χ0) is 9.26. The van der Waals surface area contributed by atoms with Gasteiger partial charge in [-0.25, -0.2) is 0 Å². The number of aryl methyl sites for hydroxylation is 1. The predicted octanol–water partition coefficient (Wildman–Crippen LogP) is 3.37. The minimum Gasteiger partial charge on any atom is -0.356 e. The first-order valence-electron chi connectivity index (χ1n) is 3.91. The van der Waals surface area contributed by atoms with Crippen LogP contribution in [0.15, 0.2) is 27.2 Å². The maximum absolute atomic E-state index is 5.64. The molecule has 0 bridgehead atoms. The summed E-state index contributed by atoms with van der Waals surface area (Å²) >= 11 is 9.04. The monoisotopic (exact) mass is 259 g/mol. The number of benzene rings is 1. The molecule has 1 aromatic heterocycles. The number of rotatable bonds is 2. The van der Waals surface area contributed by atoms with Crippen LogP contribution in [-0.4, -0.2) is 11.0 Å². The van der Waals surface area contributed by atoms with E-state index in [1.165, 1.54) is 0 Å². The molecule has 68 valence electrons. The molecule has 0 unspecified atom stereocenters. The van der Waals surface area contributed by atoms with E-state index in [0.29, 0.717) is 5.88 Å². The largest absolute Gasteiger partial charge is 0.356 e. The van der Waals surface area contributed by atoms with Crippen molar-refractivity contribution in [2.24, 2.45) is 0 Å². The average molecular weight is 261 g/mol. The van der Waals surface area contributed by atoms with E-state index < -0.39 is 0 Å². The van der Waals surface area contributed by atoms with Crippen molar-refractivity contribution in [3.05, 3.63) is 28.4 Å². The summed E-state index contributed by atoms with van der Waals surface area (Å²) in [4.78, 5) is 0. The van der Waals surface area contributed by atoms with Gasteiger partial charge in [0.1, 0.15) is 0 Å². The fourth-order valence-corrected chi connectivity index (χ4v) is 1.77. The number of hydrogen-bond acceptors (Lipinski definition) is 2. The fraction of sp³-hybridized carbons (Fsp3) is 0.222. The van der Waals surface area contributed by atoms with Gasteiger partial charge in [0.15, 0.2) is 5.58 Å². The normalized spacial score (nSPS) is 10.9. The number of aromatic nitrogens is 1. The van der Waals surface area contributed by atoms with Crippen molar-refractivity contribution in [2.45, 2.75) is 6.42 Å². The first kappa shape index (κ1) is 9.03. The average Bonchev–Trinajstić information content (AvgIpc) is 2.49. The van der Waals surface area contributed by atoms with E-state index in [0.717, 1.165) is 27.6 Å². The van der Waals surface area contributed by atoms with Gasteiger partial charge in [0.25, 0.3) is 0 Å². The molecule has 1 aromatic carbocycles. The van der Waals surface area contributed by atoms with Gasteiger partial charge in [0, 0.05) is 22.2 Å². The summed E-state index contributed by atoms with van der Waals surface area (Å²) in [6.07, 6.45) is 0.741. The van der Waals surface area contributed by atoms with Crippen LogP contribution in [0, 0.1) is 0 Å². The van der Waals surface area contributed by atoms with Crippen LogP contribution in [0.25, 0.3) is 11.0 Å². The van der Waals surface area contributed by atoms with Crippen molar-refractivity contribution < 1.29 is 4.52 Å². The first-order chi connectivity index (χ1) is 6.31. The van der Waals surface area contributed by atoms with E-state index in [1.807, 2.05) is 18.2 Å². The second kappa shape index (κ2) is 3.68. The Morgan fingerprint density at radius 2 is 2.31 bits per heavy atom. The second-order valence-corrected chi connectivity index (χ2v) is 4.00. The van der Waals surface area contributed by atoms with Gasteiger partial charge >= 0.3 is 0 Å². The Hall–Kier alpha value is -0.540. The number of hydrogen-bond donors (Lipinski definition) is 0. The van der Waals surface area contributed by atoms with Gasteiger partial charge in [-0.3, -0.25) is 0 Å². The maximum Gasteiger partial charge on any atom is 0.167 e. The summed E-state index contributed by atoms with van der Waals surface area (Å²) in [7, 11) is 0. The summed E-state index contributed by atoms with van der Waals surface area (Å²) in [5, 5.41) is 4.98. The summed E-state index contributed by atoms with van der Waals surface area (Å²) in [6.45, 7) is 0. The van der Waals surface area contributed by atoms with Crippen molar-refractivity contribution in [3.63, 3.8) is 0 Å². The molecule has 0 fully saturated rings. The van der Waals surface area contributed by atoms with Crippen molar-refractivity contribution in [2.75, 3.05) is 5.88 Å². The molecule has 0 aliphatic rings. The lowest BCUT2D eigenvalue weighted by Crippen LogP contribution is -1.85. The molecular formula is C9H7BrClNO. The minimum absolute atomic E-state index is 0.564. The topological polar surface area (TPSA) is 26.0 Å². The lowest BCUT2D eigenvalue weighted by atomic mass is 10.2. The standard InChI is InChI=1S/C9H7BrClNO/c10-6-1-2-9-7(5-6)8(3-4-11)12-13-9/h1-2,5H,3-4H2. The molecule has 0 atom stereocenters. The summed E-state index contributed by atoms with van der Waals surface area (Å²) in [6, 6.07) is 5.82. The quantitative estimate of drug-likeness (QED) is 0.774. The molecule has 0 N–H and O–H groups in total. The zero-order valence-corrected chi connectivity index (χ0v) is 9.10. The highest BCUT2D eigenvalue weighted by Gasteiger charge is 2.06. The van der Waals surface area contributed by atoms with Gasteiger partial charge in [-0.1, -0.05) is 21.1 Å². The number of fused-ring (bicyclic) bond motifs is 1. The molecule has 4 heteroatoms. The molecule has 0 aliphatic heterocycles. The van der Waals surface area contributed by atoms with E-state index in [-0.39, 0.29) is 0 Å². The molecule has 0 saturated carbocycles. The smallest absolute Gasteiger partial charge is 0.167 e. The lowest BCUT2D eigenvalue weighted by molar-refractivity contribution is 0.447. The van der Waals surface area contributed by atoms with E-state index in [1.54, 1.807) is 0 Å². The zero-order valence-electron chi connectivity index (χ0n) is 6.76. The molecule has 0 radical (unpaired) electrons. The highest BCUT2D eigenvalue weighted by molar-refractivity contribution is 9.10. The van der Waals surface area contributed by atoms with Crippen LogP contribution in [0.2, 0.25) is 0 Å². The summed E-state index contributed by atoms with van der Waals surface area (Å²) < 4.78 is 6.15. The predicted molar refractivity (Wildman–Crippen MR) is 56.1 cm³/mol. The third-order valence-electron chi connectivity index (χ3n) is 1.84. The van der Waals surface area contributed by atoms with Gasteiger partial charge in [0.2, 0.25) is 0 Å². The Labute approximate surface area is 89.0 Å². The van der Waals surface area contributed by atoms with Crippen molar-refractivity contribution in [1.29, 1.82) is 0 Å². The van der Waals surface area contributed by atoms with Crippen LogP contribution in [0.1, 0.15) is 5.69 Å². The Morgan fingerprint density at radius 3 is 3.08 bits per heavy atom.